The zero-order valence-corrected chi connectivity index (χ0v) is 11.1. The molecule has 0 fully saturated rings. The quantitative estimate of drug-likeness (QED) is 0.916. The molecule has 2 N–H and O–H groups in total. The van der Waals surface area contributed by atoms with Gasteiger partial charge >= 0.3 is 0 Å². The lowest BCUT2D eigenvalue weighted by Gasteiger charge is -2.09. The van der Waals surface area contributed by atoms with Crippen molar-refractivity contribution in [3.05, 3.63) is 52.7 Å². The van der Waals surface area contributed by atoms with Gasteiger partial charge in [-0.3, -0.25) is 0 Å². The van der Waals surface area contributed by atoms with Crippen LogP contribution in [0.15, 0.2) is 30.5 Å². The smallest absolute Gasteiger partial charge is 0.126 e. The van der Waals surface area contributed by atoms with E-state index in [1.54, 1.807) is 6.20 Å². The lowest BCUT2D eigenvalue weighted by atomic mass is 9.99. The highest BCUT2D eigenvalue weighted by Crippen LogP contribution is 2.26. The number of hydrogen-bond acceptors (Lipinski definition) is 3. The van der Waals surface area contributed by atoms with E-state index in [1.165, 1.54) is 22.3 Å². The minimum absolute atomic E-state index is 0.657. The number of ether oxygens (including phenoxy) is 1. The molecule has 1 aliphatic heterocycles. The van der Waals surface area contributed by atoms with Gasteiger partial charge in [-0.15, -0.1) is 0 Å². The molecule has 3 nitrogen and oxygen atoms in total. The van der Waals surface area contributed by atoms with Crippen molar-refractivity contribution in [2.24, 2.45) is 0 Å². The highest BCUT2D eigenvalue weighted by atomic mass is 16.5. The Morgan fingerprint density at radius 3 is 3.00 bits per heavy atom. The largest absolute Gasteiger partial charge is 0.493 e. The van der Waals surface area contributed by atoms with Gasteiger partial charge in [0.15, 0.2) is 0 Å². The van der Waals surface area contributed by atoms with Crippen LogP contribution in [0.2, 0.25) is 0 Å². The molecule has 3 rings (SSSR count). The van der Waals surface area contributed by atoms with Crippen molar-refractivity contribution in [2.75, 3.05) is 12.3 Å². The zero-order valence-electron chi connectivity index (χ0n) is 11.1. The molecular weight excluding hydrogens is 236 g/mol. The van der Waals surface area contributed by atoms with Crippen LogP contribution in [-0.2, 0) is 19.3 Å². The Bertz CT molecular complexity index is 587. The van der Waals surface area contributed by atoms with E-state index >= 15 is 0 Å². The first-order valence-corrected chi connectivity index (χ1v) is 6.68. The SMILES string of the molecule is Cc1ccnc(N)c1CCc1ccc2c(c1)CCO2. The molecule has 98 valence electrons. The number of nitrogen functional groups attached to an aromatic ring is 1. The Hall–Kier alpha value is -2.03. The summed E-state index contributed by atoms with van der Waals surface area (Å²) in [6, 6.07) is 8.50. The van der Waals surface area contributed by atoms with Gasteiger partial charge < -0.3 is 10.5 Å². The summed E-state index contributed by atoms with van der Waals surface area (Å²) in [6.07, 6.45) is 4.72. The summed E-state index contributed by atoms with van der Waals surface area (Å²) >= 11 is 0. The lowest BCUT2D eigenvalue weighted by molar-refractivity contribution is 0.357. The van der Waals surface area contributed by atoms with E-state index in [0.29, 0.717) is 5.82 Å². The molecule has 19 heavy (non-hydrogen) atoms. The van der Waals surface area contributed by atoms with E-state index in [9.17, 15) is 0 Å². The molecule has 0 atom stereocenters. The van der Waals surface area contributed by atoms with Crippen molar-refractivity contribution in [2.45, 2.75) is 26.2 Å². The molecule has 2 heterocycles. The molecule has 0 unspecified atom stereocenters. The van der Waals surface area contributed by atoms with Crippen LogP contribution in [0.1, 0.15) is 22.3 Å². The molecule has 1 aromatic heterocycles. The number of benzene rings is 1. The number of pyridine rings is 1. The monoisotopic (exact) mass is 254 g/mol. The maximum absolute atomic E-state index is 5.94. The standard InChI is InChI=1S/C16H18N2O/c1-11-6-8-18-16(17)14(11)4-2-12-3-5-15-13(10-12)7-9-19-15/h3,5-6,8,10H,2,4,7,9H2,1H3,(H2,17,18). The van der Waals surface area contributed by atoms with Gasteiger partial charge in [0.2, 0.25) is 0 Å². The topological polar surface area (TPSA) is 48.1 Å². The second kappa shape index (κ2) is 4.92. The molecule has 0 radical (unpaired) electrons. The summed E-state index contributed by atoms with van der Waals surface area (Å²) in [4.78, 5) is 4.17. The molecule has 0 saturated carbocycles. The Balaban J connectivity index is 1.76. The minimum atomic E-state index is 0.657. The van der Waals surface area contributed by atoms with E-state index < -0.39 is 0 Å². The van der Waals surface area contributed by atoms with Gasteiger partial charge in [0, 0.05) is 12.6 Å². The third kappa shape index (κ3) is 2.41. The molecule has 0 spiro atoms. The maximum Gasteiger partial charge on any atom is 0.126 e. The fourth-order valence-corrected chi connectivity index (χ4v) is 2.60. The Kier molecular flexibility index (Phi) is 3.11. The maximum atomic E-state index is 5.94. The van der Waals surface area contributed by atoms with Gasteiger partial charge in [-0.25, -0.2) is 4.98 Å². The molecular formula is C16H18N2O. The molecule has 3 heteroatoms. The predicted octanol–water partition coefficient (Wildman–Crippen LogP) is 2.69. The zero-order chi connectivity index (χ0) is 13.2. The van der Waals surface area contributed by atoms with E-state index in [-0.39, 0.29) is 0 Å². The Morgan fingerprint density at radius 2 is 2.16 bits per heavy atom. The van der Waals surface area contributed by atoms with Gasteiger partial charge in [-0.05, 0) is 54.2 Å². The first-order chi connectivity index (χ1) is 9.24. The summed E-state index contributed by atoms with van der Waals surface area (Å²) in [5, 5.41) is 0. The van der Waals surface area contributed by atoms with Gasteiger partial charge in [-0.1, -0.05) is 12.1 Å². The molecule has 0 amide bonds. The number of rotatable bonds is 3. The van der Waals surface area contributed by atoms with Crippen molar-refractivity contribution >= 4 is 5.82 Å². The van der Waals surface area contributed by atoms with Crippen LogP contribution in [0, 0.1) is 6.92 Å². The van der Waals surface area contributed by atoms with Crippen LogP contribution < -0.4 is 10.5 Å². The Labute approximate surface area is 113 Å². The summed E-state index contributed by atoms with van der Waals surface area (Å²) in [7, 11) is 0. The van der Waals surface area contributed by atoms with E-state index in [0.717, 1.165) is 31.6 Å². The molecule has 0 bridgehead atoms. The van der Waals surface area contributed by atoms with Crippen molar-refractivity contribution in [1.29, 1.82) is 0 Å². The third-order valence-corrected chi connectivity index (χ3v) is 3.74. The number of nitrogens with zero attached hydrogens (tertiary/aromatic N) is 1. The average Bonchev–Trinajstić information content (AvgIpc) is 2.85. The highest BCUT2D eigenvalue weighted by molar-refractivity contribution is 5.45. The molecule has 0 aliphatic carbocycles. The minimum Gasteiger partial charge on any atom is -0.493 e. The number of hydrogen-bond donors (Lipinski definition) is 1. The lowest BCUT2D eigenvalue weighted by Crippen LogP contribution is -2.02. The summed E-state index contributed by atoms with van der Waals surface area (Å²) in [6.45, 7) is 2.90. The van der Waals surface area contributed by atoms with Gasteiger partial charge in [0.1, 0.15) is 11.6 Å². The number of aryl methyl sites for hydroxylation is 2. The molecule has 0 saturated heterocycles. The van der Waals surface area contributed by atoms with Crippen molar-refractivity contribution in [3.8, 4) is 5.75 Å². The predicted molar refractivity (Wildman–Crippen MR) is 76.4 cm³/mol. The normalized spacial score (nSPS) is 13.1. The van der Waals surface area contributed by atoms with Crippen LogP contribution in [0.5, 0.6) is 5.75 Å². The summed E-state index contributed by atoms with van der Waals surface area (Å²) in [5.74, 6) is 1.70. The molecule has 2 aromatic rings. The number of nitrogens with two attached hydrogens (primary N) is 1. The molecule has 1 aromatic carbocycles. The fourth-order valence-electron chi connectivity index (χ4n) is 2.60. The fraction of sp³-hybridized carbons (Fsp3) is 0.312. The second-order valence-corrected chi connectivity index (χ2v) is 5.03. The summed E-state index contributed by atoms with van der Waals surface area (Å²) in [5.41, 5.74) is 11.0. The summed E-state index contributed by atoms with van der Waals surface area (Å²) < 4.78 is 5.52. The van der Waals surface area contributed by atoms with E-state index in [1.807, 2.05) is 6.07 Å². The molecule has 1 aliphatic rings. The van der Waals surface area contributed by atoms with E-state index in [4.69, 9.17) is 10.5 Å². The number of anilines is 1. The van der Waals surface area contributed by atoms with Crippen LogP contribution in [0.25, 0.3) is 0 Å². The van der Waals surface area contributed by atoms with Crippen molar-refractivity contribution < 1.29 is 4.74 Å². The van der Waals surface area contributed by atoms with Crippen LogP contribution in [0.4, 0.5) is 5.82 Å². The van der Waals surface area contributed by atoms with Crippen molar-refractivity contribution in [1.82, 2.24) is 4.98 Å². The first kappa shape index (κ1) is 12.0. The van der Waals surface area contributed by atoms with Gasteiger partial charge in [0.25, 0.3) is 0 Å². The average molecular weight is 254 g/mol. The third-order valence-electron chi connectivity index (χ3n) is 3.74. The van der Waals surface area contributed by atoms with Crippen LogP contribution in [0.3, 0.4) is 0 Å². The van der Waals surface area contributed by atoms with Crippen molar-refractivity contribution in [3.63, 3.8) is 0 Å². The Morgan fingerprint density at radius 1 is 1.26 bits per heavy atom. The highest BCUT2D eigenvalue weighted by Gasteiger charge is 2.12. The van der Waals surface area contributed by atoms with Crippen LogP contribution >= 0.6 is 0 Å². The second-order valence-electron chi connectivity index (χ2n) is 5.03. The van der Waals surface area contributed by atoms with Crippen LogP contribution in [-0.4, -0.2) is 11.6 Å². The van der Waals surface area contributed by atoms with Gasteiger partial charge in [-0.2, -0.15) is 0 Å². The number of fused-ring (bicyclic) bond motifs is 1. The van der Waals surface area contributed by atoms with E-state index in [2.05, 4.69) is 30.1 Å². The first-order valence-electron chi connectivity index (χ1n) is 6.68. The van der Waals surface area contributed by atoms with Gasteiger partial charge in [0.05, 0.1) is 6.61 Å². The number of aromatic nitrogens is 1.